The molecule has 0 saturated heterocycles. The van der Waals surface area contributed by atoms with E-state index in [9.17, 15) is 14.9 Å². The Hall–Kier alpha value is -5.14. The van der Waals surface area contributed by atoms with Crippen molar-refractivity contribution < 1.29 is 23.7 Å². The number of nitrogens with zero attached hydrogens (tertiary/aromatic N) is 3. The molecule has 3 aromatic carbocycles. The first-order valence-corrected chi connectivity index (χ1v) is 14.3. The molecule has 43 heavy (non-hydrogen) atoms. The van der Waals surface area contributed by atoms with Gasteiger partial charge in [0.25, 0.3) is 5.56 Å². The van der Waals surface area contributed by atoms with Gasteiger partial charge in [-0.05, 0) is 49.8 Å². The van der Waals surface area contributed by atoms with E-state index in [4.69, 9.17) is 18.9 Å². The van der Waals surface area contributed by atoms with Crippen LogP contribution in [-0.2, 0) is 16.1 Å². The lowest BCUT2D eigenvalue weighted by Gasteiger charge is -2.25. The summed E-state index contributed by atoms with van der Waals surface area (Å²) in [4.78, 5) is 32.2. The van der Waals surface area contributed by atoms with E-state index in [0.29, 0.717) is 49.0 Å². The van der Waals surface area contributed by atoms with E-state index < -0.39 is 12.0 Å². The quantitative estimate of drug-likeness (QED) is 0.266. The van der Waals surface area contributed by atoms with Gasteiger partial charge in [0.2, 0.25) is 0 Å². The first-order chi connectivity index (χ1) is 20.9. The van der Waals surface area contributed by atoms with Crippen molar-refractivity contribution in [3.63, 3.8) is 0 Å². The number of carbonyl (C=O) groups is 1. The lowest BCUT2D eigenvalue weighted by molar-refractivity contribution is -0.139. The maximum atomic E-state index is 14.0. The Labute approximate surface area is 252 Å². The molecule has 0 spiro atoms. The summed E-state index contributed by atoms with van der Waals surface area (Å²) >= 11 is 1.23. The molecule has 0 amide bonds. The van der Waals surface area contributed by atoms with E-state index >= 15 is 0 Å². The Morgan fingerprint density at radius 3 is 2.53 bits per heavy atom. The molecular formula is C33H29N3O6S. The zero-order valence-electron chi connectivity index (χ0n) is 24.1. The zero-order chi connectivity index (χ0) is 30.5. The standard InChI is InChI=1S/C33H29N3O6S/c1-5-41-32(38)29-20(2)35-33-36(30(29)24-12-8-9-13-25(24)39-3)31(37)28(43-33)17-21-14-15-26(27(16-21)40-4)42-19-23-11-7-6-10-22(23)18-34/h6-17,30H,5,19H2,1-4H3/b28-17+/t30-/m1/s1. The average molecular weight is 596 g/mol. The minimum atomic E-state index is -0.782. The van der Waals surface area contributed by atoms with Crippen LogP contribution in [0, 0.1) is 11.3 Å². The highest BCUT2D eigenvalue weighted by atomic mass is 32.1. The molecule has 0 bridgehead atoms. The van der Waals surface area contributed by atoms with Gasteiger partial charge in [-0.3, -0.25) is 9.36 Å². The number of benzene rings is 3. The molecule has 2 heterocycles. The number of para-hydroxylation sites is 1. The number of hydrogen-bond acceptors (Lipinski definition) is 9. The lowest BCUT2D eigenvalue weighted by atomic mass is 9.95. The Morgan fingerprint density at radius 1 is 1.05 bits per heavy atom. The van der Waals surface area contributed by atoms with Gasteiger partial charge in [-0.15, -0.1) is 0 Å². The van der Waals surface area contributed by atoms with Gasteiger partial charge in [0.1, 0.15) is 18.4 Å². The average Bonchev–Trinajstić information content (AvgIpc) is 3.33. The summed E-state index contributed by atoms with van der Waals surface area (Å²) in [6.45, 7) is 3.86. The summed E-state index contributed by atoms with van der Waals surface area (Å²) in [5.41, 5.74) is 3.12. The van der Waals surface area contributed by atoms with Gasteiger partial charge in [-0.2, -0.15) is 5.26 Å². The fraction of sp³-hybridized carbons (Fsp3) is 0.212. The number of aromatic nitrogens is 1. The molecule has 0 saturated carbocycles. The zero-order valence-corrected chi connectivity index (χ0v) is 24.9. The summed E-state index contributed by atoms with van der Waals surface area (Å²) in [6.07, 6.45) is 1.75. The van der Waals surface area contributed by atoms with Crippen LogP contribution in [0.15, 0.2) is 87.8 Å². The number of fused-ring (bicyclic) bond motifs is 1. The van der Waals surface area contributed by atoms with Crippen LogP contribution in [0.2, 0.25) is 0 Å². The van der Waals surface area contributed by atoms with E-state index in [1.165, 1.54) is 23.0 Å². The van der Waals surface area contributed by atoms with E-state index in [0.717, 1.165) is 5.56 Å². The topological polar surface area (TPSA) is 112 Å². The summed E-state index contributed by atoms with van der Waals surface area (Å²) in [6, 6.07) is 21.3. The monoisotopic (exact) mass is 595 g/mol. The molecule has 9 nitrogen and oxygen atoms in total. The van der Waals surface area contributed by atoms with Crippen molar-refractivity contribution in [1.29, 1.82) is 5.26 Å². The van der Waals surface area contributed by atoms with Gasteiger partial charge < -0.3 is 18.9 Å². The fourth-order valence-electron chi connectivity index (χ4n) is 4.93. The van der Waals surface area contributed by atoms with Crippen molar-refractivity contribution in [1.82, 2.24) is 4.57 Å². The molecule has 1 atom stereocenters. The number of thiazole rings is 1. The number of ether oxygens (including phenoxy) is 4. The second-order valence-corrected chi connectivity index (χ2v) is 10.5. The van der Waals surface area contributed by atoms with Crippen LogP contribution in [0.3, 0.4) is 0 Å². The number of nitriles is 1. The van der Waals surface area contributed by atoms with Crippen LogP contribution < -0.4 is 29.1 Å². The minimum absolute atomic E-state index is 0.186. The molecule has 0 aliphatic carbocycles. The molecule has 1 aliphatic rings. The Kier molecular flexibility index (Phi) is 8.74. The maximum absolute atomic E-state index is 14.0. The predicted octanol–water partition coefficient (Wildman–Crippen LogP) is 4.27. The molecule has 1 aromatic heterocycles. The maximum Gasteiger partial charge on any atom is 0.338 e. The smallest absolute Gasteiger partial charge is 0.338 e. The highest BCUT2D eigenvalue weighted by Gasteiger charge is 2.35. The van der Waals surface area contributed by atoms with Crippen LogP contribution >= 0.6 is 11.3 Å². The SMILES string of the molecule is CCOC(=O)C1=C(C)N=c2s/c(=C/c3ccc(OCc4ccccc4C#N)c(OC)c3)c(=O)n2[C@@H]1c1ccccc1OC. The van der Waals surface area contributed by atoms with Crippen LogP contribution in [0.5, 0.6) is 17.2 Å². The Bertz CT molecular complexity index is 1950. The minimum Gasteiger partial charge on any atom is -0.496 e. The number of allylic oxidation sites excluding steroid dienone is 1. The second-order valence-electron chi connectivity index (χ2n) is 9.51. The normalized spacial score (nSPS) is 14.4. The first-order valence-electron chi connectivity index (χ1n) is 13.5. The van der Waals surface area contributed by atoms with E-state index in [-0.39, 0.29) is 24.3 Å². The van der Waals surface area contributed by atoms with Crippen molar-refractivity contribution in [3.8, 4) is 23.3 Å². The molecule has 10 heteroatoms. The summed E-state index contributed by atoms with van der Waals surface area (Å²) < 4.78 is 24.5. The molecule has 0 N–H and O–H groups in total. The number of rotatable bonds is 9. The lowest BCUT2D eigenvalue weighted by Crippen LogP contribution is -2.40. The molecule has 0 radical (unpaired) electrons. The van der Waals surface area contributed by atoms with Gasteiger partial charge >= 0.3 is 5.97 Å². The number of hydrogen-bond donors (Lipinski definition) is 0. The van der Waals surface area contributed by atoms with Crippen LogP contribution in [0.4, 0.5) is 0 Å². The third kappa shape index (κ3) is 5.80. The van der Waals surface area contributed by atoms with Gasteiger partial charge in [0.15, 0.2) is 16.3 Å². The fourth-order valence-corrected chi connectivity index (χ4v) is 5.98. The second kappa shape index (κ2) is 12.8. The van der Waals surface area contributed by atoms with Gasteiger partial charge in [-0.1, -0.05) is 53.8 Å². The van der Waals surface area contributed by atoms with Crippen molar-refractivity contribution in [2.45, 2.75) is 26.5 Å². The number of methoxy groups -OCH3 is 2. The third-order valence-corrected chi connectivity index (χ3v) is 7.94. The highest BCUT2D eigenvalue weighted by molar-refractivity contribution is 7.07. The molecule has 218 valence electrons. The predicted molar refractivity (Wildman–Crippen MR) is 162 cm³/mol. The van der Waals surface area contributed by atoms with Gasteiger partial charge in [0.05, 0.1) is 48.3 Å². The van der Waals surface area contributed by atoms with E-state index in [1.807, 2.05) is 36.4 Å². The molecule has 4 aromatic rings. The number of esters is 1. The molecule has 1 aliphatic heterocycles. The summed E-state index contributed by atoms with van der Waals surface area (Å²) in [5.74, 6) is 0.978. The Morgan fingerprint density at radius 2 is 1.79 bits per heavy atom. The van der Waals surface area contributed by atoms with E-state index in [1.54, 1.807) is 57.4 Å². The molecule has 0 fully saturated rings. The molecule has 0 unspecified atom stereocenters. The van der Waals surface area contributed by atoms with Crippen LogP contribution in [0.1, 0.15) is 42.1 Å². The van der Waals surface area contributed by atoms with E-state index in [2.05, 4.69) is 11.1 Å². The Balaban J connectivity index is 1.56. The van der Waals surface area contributed by atoms with Gasteiger partial charge in [0, 0.05) is 11.1 Å². The molecular weight excluding hydrogens is 566 g/mol. The van der Waals surface area contributed by atoms with Crippen LogP contribution in [0.25, 0.3) is 6.08 Å². The van der Waals surface area contributed by atoms with Crippen molar-refractivity contribution in [2.75, 3.05) is 20.8 Å². The first kappa shape index (κ1) is 29.4. The highest BCUT2D eigenvalue weighted by Crippen LogP contribution is 2.35. The van der Waals surface area contributed by atoms with Crippen LogP contribution in [-0.4, -0.2) is 31.4 Å². The largest absolute Gasteiger partial charge is 0.496 e. The van der Waals surface area contributed by atoms with Crippen molar-refractivity contribution >= 4 is 23.4 Å². The third-order valence-electron chi connectivity index (χ3n) is 6.96. The summed E-state index contributed by atoms with van der Waals surface area (Å²) in [5, 5.41) is 9.36. The number of carbonyl (C=O) groups excluding carboxylic acids is 1. The summed E-state index contributed by atoms with van der Waals surface area (Å²) in [7, 11) is 3.09. The molecule has 5 rings (SSSR count). The van der Waals surface area contributed by atoms with Crippen molar-refractivity contribution in [2.24, 2.45) is 4.99 Å². The van der Waals surface area contributed by atoms with Crippen molar-refractivity contribution in [3.05, 3.63) is 120 Å². The van der Waals surface area contributed by atoms with Gasteiger partial charge in [-0.25, -0.2) is 9.79 Å².